The summed E-state index contributed by atoms with van der Waals surface area (Å²) in [6, 6.07) is 5.95. The van der Waals surface area contributed by atoms with Gasteiger partial charge in [-0.05, 0) is 48.4 Å². The van der Waals surface area contributed by atoms with Crippen LogP contribution in [-0.2, 0) is 18.3 Å². The second kappa shape index (κ2) is 10.8. The van der Waals surface area contributed by atoms with Crippen molar-refractivity contribution in [2.75, 3.05) is 33.7 Å². The molecule has 2 atom stereocenters. The summed E-state index contributed by atoms with van der Waals surface area (Å²) in [5.41, 5.74) is 1.07. The topological polar surface area (TPSA) is 55.4 Å². The first kappa shape index (κ1) is 28.3. The Bertz CT molecular complexity index is 767. The second-order valence-electron chi connectivity index (χ2n) is 11.9. The lowest BCUT2D eigenvalue weighted by atomic mass is 10.1. The number of hydrogen-bond acceptors (Lipinski definition) is 6. The molecule has 1 aromatic rings. The third-order valence-corrected chi connectivity index (χ3v) is 16.2. The van der Waals surface area contributed by atoms with E-state index < -0.39 is 16.6 Å². The maximum Gasteiger partial charge on any atom is 0.193 e. The molecule has 2 rings (SSSR count). The van der Waals surface area contributed by atoms with E-state index >= 15 is 0 Å². The molecule has 1 heterocycles. The number of benzene rings is 1. The van der Waals surface area contributed by atoms with Crippen molar-refractivity contribution in [1.82, 2.24) is 0 Å². The molecule has 0 amide bonds. The van der Waals surface area contributed by atoms with Crippen LogP contribution in [0.4, 0.5) is 0 Å². The molecule has 0 radical (unpaired) electrons. The molecular weight excluding hydrogens is 452 g/mol. The van der Waals surface area contributed by atoms with Crippen LogP contribution >= 0.6 is 0 Å². The summed E-state index contributed by atoms with van der Waals surface area (Å²) in [4.78, 5) is 0. The Morgan fingerprint density at radius 2 is 1.55 bits per heavy atom. The molecule has 0 saturated heterocycles. The van der Waals surface area contributed by atoms with Gasteiger partial charge in [0.05, 0.1) is 19.8 Å². The summed E-state index contributed by atoms with van der Waals surface area (Å²) < 4.78 is 36.0. The van der Waals surface area contributed by atoms with Crippen molar-refractivity contribution in [3.8, 4) is 11.5 Å². The molecule has 1 aliphatic heterocycles. The molecule has 0 fully saturated rings. The normalized spacial score (nSPS) is 19.4. The molecule has 0 aliphatic carbocycles. The van der Waals surface area contributed by atoms with Crippen molar-refractivity contribution < 1.29 is 27.8 Å². The molecule has 0 saturated carbocycles. The van der Waals surface area contributed by atoms with E-state index in [-0.39, 0.29) is 29.1 Å². The molecule has 0 aromatic heterocycles. The fourth-order valence-electron chi connectivity index (χ4n) is 2.94. The van der Waals surface area contributed by atoms with E-state index in [9.17, 15) is 0 Å². The Kier molecular flexibility index (Phi) is 9.26. The Morgan fingerprint density at radius 1 is 0.909 bits per heavy atom. The van der Waals surface area contributed by atoms with Gasteiger partial charge in [-0.3, -0.25) is 0 Å². The molecule has 8 heteroatoms. The summed E-state index contributed by atoms with van der Waals surface area (Å²) in [7, 11) is -2.29. The van der Waals surface area contributed by atoms with Crippen molar-refractivity contribution in [2.45, 2.75) is 90.0 Å². The molecular formula is C25H46O6Si2. The zero-order chi connectivity index (χ0) is 25.1. The molecule has 33 heavy (non-hydrogen) atoms. The van der Waals surface area contributed by atoms with Gasteiger partial charge in [0.25, 0.3) is 0 Å². The minimum Gasteiger partial charge on any atom is -0.484 e. The van der Waals surface area contributed by atoms with Gasteiger partial charge in [0.15, 0.2) is 23.4 Å². The first-order chi connectivity index (χ1) is 15.1. The zero-order valence-corrected chi connectivity index (χ0v) is 24.7. The Morgan fingerprint density at radius 3 is 2.12 bits per heavy atom. The van der Waals surface area contributed by atoms with Crippen molar-refractivity contribution in [1.29, 1.82) is 0 Å². The molecule has 0 bridgehead atoms. The van der Waals surface area contributed by atoms with Gasteiger partial charge in [-0.1, -0.05) is 41.5 Å². The summed E-state index contributed by atoms with van der Waals surface area (Å²) in [6.45, 7) is 24.4. The lowest BCUT2D eigenvalue weighted by Crippen LogP contribution is -2.46. The fraction of sp³-hybridized carbons (Fsp3) is 0.760. The fourth-order valence-corrected chi connectivity index (χ4v) is 5.22. The molecule has 0 spiro atoms. The van der Waals surface area contributed by atoms with Crippen molar-refractivity contribution >= 4 is 16.6 Å². The lowest BCUT2D eigenvalue weighted by molar-refractivity contribution is -0.00860. The van der Waals surface area contributed by atoms with Crippen LogP contribution in [0.3, 0.4) is 0 Å². The van der Waals surface area contributed by atoms with Crippen LogP contribution in [-0.4, -0.2) is 56.5 Å². The van der Waals surface area contributed by atoms with Gasteiger partial charge >= 0.3 is 0 Å². The van der Waals surface area contributed by atoms with Crippen LogP contribution in [0.5, 0.6) is 11.5 Å². The van der Waals surface area contributed by atoms with Crippen LogP contribution in [0.25, 0.3) is 0 Å². The van der Waals surface area contributed by atoms with Crippen LogP contribution in [0.15, 0.2) is 18.2 Å². The van der Waals surface area contributed by atoms with E-state index in [4.69, 9.17) is 27.8 Å². The smallest absolute Gasteiger partial charge is 0.193 e. The van der Waals surface area contributed by atoms with Gasteiger partial charge in [0, 0.05) is 18.7 Å². The minimum atomic E-state index is -2.03. The number of ether oxygens (including phenoxy) is 4. The summed E-state index contributed by atoms with van der Waals surface area (Å²) >= 11 is 0. The van der Waals surface area contributed by atoms with Gasteiger partial charge in [-0.2, -0.15) is 0 Å². The highest BCUT2D eigenvalue weighted by molar-refractivity contribution is 6.74. The first-order valence-electron chi connectivity index (χ1n) is 11.9. The average molecular weight is 499 g/mol. The highest BCUT2D eigenvalue weighted by Crippen LogP contribution is 2.47. The third-order valence-electron chi connectivity index (χ3n) is 7.29. The molecule has 6 nitrogen and oxygen atoms in total. The van der Waals surface area contributed by atoms with Crippen molar-refractivity contribution in [3.05, 3.63) is 23.8 Å². The standard InChI is InChI=1S/C25H46O6Si2/c1-24(2,3)32(8,9)29-17-22-23(31-33(10,11)25(4,5)6)20-13-12-19(16-21(20)30-22)28-18-27-15-14-26-7/h12-13,16,22-23H,14-15,17-18H2,1-11H3/t22-,23+/m1/s1. The van der Waals surface area contributed by atoms with Crippen LogP contribution in [0.1, 0.15) is 53.2 Å². The van der Waals surface area contributed by atoms with E-state index in [0.717, 1.165) is 11.3 Å². The Balaban J connectivity index is 2.21. The van der Waals surface area contributed by atoms with Gasteiger partial charge < -0.3 is 27.8 Å². The lowest BCUT2D eigenvalue weighted by Gasteiger charge is -2.40. The number of methoxy groups -OCH3 is 1. The summed E-state index contributed by atoms with van der Waals surface area (Å²) in [5.74, 6) is 1.51. The predicted molar refractivity (Wildman–Crippen MR) is 138 cm³/mol. The van der Waals surface area contributed by atoms with Gasteiger partial charge in [0.1, 0.15) is 23.7 Å². The van der Waals surface area contributed by atoms with Crippen LogP contribution in [0.2, 0.25) is 36.3 Å². The Hall–Kier alpha value is -0.906. The summed E-state index contributed by atoms with van der Waals surface area (Å²) in [6.07, 6.45) is -0.339. The SMILES string of the molecule is COCCOCOc1ccc2c(c1)O[C@H](CO[Si](C)(C)C(C)(C)C)[C@H]2O[Si](C)(C)C(C)(C)C. The maximum atomic E-state index is 6.89. The highest BCUT2D eigenvalue weighted by atomic mass is 28.4. The average Bonchev–Trinajstić information content (AvgIpc) is 3.01. The molecule has 0 unspecified atom stereocenters. The van der Waals surface area contributed by atoms with Crippen molar-refractivity contribution in [3.63, 3.8) is 0 Å². The van der Waals surface area contributed by atoms with Gasteiger partial charge in [0.2, 0.25) is 0 Å². The van der Waals surface area contributed by atoms with E-state index in [2.05, 4.69) is 73.8 Å². The maximum absolute atomic E-state index is 6.89. The quantitative estimate of drug-likeness (QED) is 0.196. The number of rotatable bonds is 11. The second-order valence-corrected chi connectivity index (χ2v) is 21.5. The van der Waals surface area contributed by atoms with Crippen molar-refractivity contribution in [2.24, 2.45) is 0 Å². The van der Waals surface area contributed by atoms with Gasteiger partial charge in [-0.15, -0.1) is 0 Å². The highest BCUT2D eigenvalue weighted by Gasteiger charge is 2.46. The molecule has 190 valence electrons. The Labute approximate surface area is 203 Å². The minimum absolute atomic E-state index is 0.100. The molecule has 1 aromatic carbocycles. The summed E-state index contributed by atoms with van der Waals surface area (Å²) in [5, 5.41) is 0.237. The first-order valence-corrected chi connectivity index (χ1v) is 17.7. The van der Waals surface area contributed by atoms with Gasteiger partial charge in [-0.25, -0.2) is 0 Å². The van der Waals surface area contributed by atoms with Crippen LogP contribution < -0.4 is 9.47 Å². The van der Waals surface area contributed by atoms with E-state index in [1.807, 2.05) is 12.1 Å². The third kappa shape index (κ3) is 7.29. The predicted octanol–water partition coefficient (Wildman–Crippen LogP) is 6.53. The number of fused-ring (bicyclic) bond motifs is 1. The van der Waals surface area contributed by atoms with E-state index in [1.165, 1.54) is 0 Å². The zero-order valence-electron chi connectivity index (χ0n) is 22.7. The number of hydrogen-bond donors (Lipinski definition) is 0. The van der Waals surface area contributed by atoms with E-state index in [0.29, 0.717) is 25.6 Å². The van der Waals surface area contributed by atoms with E-state index in [1.54, 1.807) is 7.11 Å². The monoisotopic (exact) mass is 498 g/mol. The molecule has 0 N–H and O–H groups in total. The molecule has 1 aliphatic rings. The van der Waals surface area contributed by atoms with Crippen LogP contribution in [0, 0.1) is 0 Å². The largest absolute Gasteiger partial charge is 0.484 e.